The second kappa shape index (κ2) is 6.24. The lowest BCUT2D eigenvalue weighted by Crippen LogP contribution is -2.29. The molecule has 0 saturated carbocycles. The molecule has 1 aliphatic rings. The van der Waals surface area contributed by atoms with E-state index in [-0.39, 0.29) is 5.91 Å². The molecule has 0 radical (unpaired) electrons. The minimum Gasteiger partial charge on any atom is -0.383 e. The number of nitrogens with zero attached hydrogens (tertiary/aromatic N) is 2. The Hall–Kier alpha value is -2.02. The van der Waals surface area contributed by atoms with Crippen LogP contribution < -0.4 is 5.32 Å². The largest absolute Gasteiger partial charge is 0.383 e. The van der Waals surface area contributed by atoms with E-state index in [0.717, 1.165) is 37.2 Å². The van der Waals surface area contributed by atoms with Gasteiger partial charge in [0.15, 0.2) is 0 Å². The van der Waals surface area contributed by atoms with Crippen molar-refractivity contribution in [2.45, 2.75) is 26.2 Å². The number of benzene rings is 1. The zero-order valence-corrected chi connectivity index (χ0v) is 11.3. The SMILES string of the molecule is Cc1ccc(C#N)c(NCCC(=O)N2CCCC2)c1. The molecule has 1 fully saturated rings. The number of amides is 1. The van der Waals surface area contributed by atoms with Gasteiger partial charge in [-0.2, -0.15) is 5.26 Å². The Morgan fingerprint density at radius 2 is 2.16 bits per heavy atom. The maximum absolute atomic E-state index is 11.9. The number of carbonyl (C=O) groups excluding carboxylic acids is 1. The van der Waals surface area contributed by atoms with Crippen LogP contribution in [-0.2, 0) is 4.79 Å². The van der Waals surface area contributed by atoms with Gasteiger partial charge in [0.25, 0.3) is 0 Å². The average Bonchev–Trinajstić information content (AvgIpc) is 2.93. The summed E-state index contributed by atoms with van der Waals surface area (Å²) in [5.41, 5.74) is 2.54. The van der Waals surface area contributed by atoms with Crippen LogP contribution in [0.1, 0.15) is 30.4 Å². The molecule has 0 bridgehead atoms. The summed E-state index contributed by atoms with van der Waals surface area (Å²) in [5, 5.41) is 12.2. The van der Waals surface area contributed by atoms with Crippen molar-refractivity contribution >= 4 is 11.6 Å². The number of rotatable bonds is 4. The van der Waals surface area contributed by atoms with Crippen LogP contribution in [-0.4, -0.2) is 30.4 Å². The Balaban J connectivity index is 1.87. The second-order valence-electron chi connectivity index (χ2n) is 4.93. The molecule has 0 unspecified atom stereocenters. The molecule has 1 saturated heterocycles. The van der Waals surface area contributed by atoms with Gasteiger partial charge in [-0.05, 0) is 37.5 Å². The third kappa shape index (κ3) is 3.47. The van der Waals surface area contributed by atoms with Gasteiger partial charge in [0.05, 0.1) is 11.3 Å². The number of nitriles is 1. The smallest absolute Gasteiger partial charge is 0.224 e. The number of carbonyl (C=O) groups is 1. The second-order valence-corrected chi connectivity index (χ2v) is 4.93. The summed E-state index contributed by atoms with van der Waals surface area (Å²) in [6, 6.07) is 7.82. The molecule has 0 aliphatic carbocycles. The highest BCUT2D eigenvalue weighted by Gasteiger charge is 2.17. The van der Waals surface area contributed by atoms with E-state index in [2.05, 4.69) is 11.4 Å². The molecule has 100 valence electrons. The Morgan fingerprint density at radius 1 is 1.42 bits per heavy atom. The van der Waals surface area contributed by atoms with Crippen LogP contribution in [0.4, 0.5) is 5.69 Å². The van der Waals surface area contributed by atoms with E-state index in [1.807, 2.05) is 24.0 Å². The van der Waals surface area contributed by atoms with Crippen LogP contribution in [0, 0.1) is 18.3 Å². The van der Waals surface area contributed by atoms with Crippen molar-refractivity contribution in [3.63, 3.8) is 0 Å². The van der Waals surface area contributed by atoms with E-state index >= 15 is 0 Å². The van der Waals surface area contributed by atoms with E-state index in [1.165, 1.54) is 0 Å². The van der Waals surface area contributed by atoms with Crippen LogP contribution in [0.5, 0.6) is 0 Å². The number of likely N-dealkylation sites (tertiary alicyclic amines) is 1. The van der Waals surface area contributed by atoms with Crippen molar-refractivity contribution in [1.29, 1.82) is 5.26 Å². The lowest BCUT2D eigenvalue weighted by atomic mass is 10.1. The lowest BCUT2D eigenvalue weighted by Gasteiger charge is -2.15. The fourth-order valence-electron chi connectivity index (χ4n) is 2.33. The Bertz CT molecular complexity index is 499. The highest BCUT2D eigenvalue weighted by Crippen LogP contribution is 2.16. The van der Waals surface area contributed by atoms with E-state index < -0.39 is 0 Å². The molecule has 19 heavy (non-hydrogen) atoms. The Morgan fingerprint density at radius 3 is 2.84 bits per heavy atom. The zero-order chi connectivity index (χ0) is 13.7. The first-order chi connectivity index (χ1) is 9.20. The highest BCUT2D eigenvalue weighted by molar-refractivity contribution is 5.77. The van der Waals surface area contributed by atoms with Gasteiger partial charge in [-0.1, -0.05) is 6.07 Å². The van der Waals surface area contributed by atoms with Crippen LogP contribution in [0.2, 0.25) is 0 Å². The molecule has 1 N–H and O–H groups in total. The minimum absolute atomic E-state index is 0.205. The summed E-state index contributed by atoms with van der Waals surface area (Å²) >= 11 is 0. The minimum atomic E-state index is 0.205. The summed E-state index contributed by atoms with van der Waals surface area (Å²) in [6.45, 7) is 4.36. The quantitative estimate of drug-likeness (QED) is 0.900. The van der Waals surface area contributed by atoms with Crippen LogP contribution in [0.25, 0.3) is 0 Å². The van der Waals surface area contributed by atoms with Crippen molar-refractivity contribution in [2.75, 3.05) is 25.0 Å². The molecular formula is C15H19N3O. The lowest BCUT2D eigenvalue weighted by molar-refractivity contribution is -0.129. The fourth-order valence-corrected chi connectivity index (χ4v) is 2.33. The molecule has 0 atom stereocenters. The number of nitrogens with one attached hydrogen (secondary N) is 1. The van der Waals surface area contributed by atoms with Crippen molar-refractivity contribution in [3.8, 4) is 6.07 Å². The van der Waals surface area contributed by atoms with Crippen LogP contribution in [0.3, 0.4) is 0 Å². The molecule has 1 amide bonds. The summed E-state index contributed by atoms with van der Waals surface area (Å²) in [7, 11) is 0. The molecule has 1 aromatic rings. The Kier molecular flexibility index (Phi) is 4.40. The molecule has 4 nitrogen and oxygen atoms in total. The molecule has 0 aromatic heterocycles. The van der Waals surface area contributed by atoms with E-state index in [0.29, 0.717) is 18.5 Å². The third-order valence-electron chi connectivity index (χ3n) is 3.41. The van der Waals surface area contributed by atoms with Gasteiger partial charge < -0.3 is 10.2 Å². The molecule has 0 spiro atoms. The van der Waals surface area contributed by atoms with Crippen molar-refractivity contribution < 1.29 is 4.79 Å². The van der Waals surface area contributed by atoms with Crippen molar-refractivity contribution in [2.24, 2.45) is 0 Å². The number of hydrogen-bond donors (Lipinski definition) is 1. The van der Waals surface area contributed by atoms with Crippen molar-refractivity contribution in [3.05, 3.63) is 29.3 Å². The van der Waals surface area contributed by atoms with Gasteiger partial charge in [-0.25, -0.2) is 0 Å². The number of anilines is 1. The maximum Gasteiger partial charge on any atom is 0.224 e. The van der Waals surface area contributed by atoms with Gasteiger partial charge in [0.2, 0.25) is 5.91 Å². The number of hydrogen-bond acceptors (Lipinski definition) is 3. The van der Waals surface area contributed by atoms with Gasteiger partial charge in [-0.3, -0.25) is 4.79 Å². The van der Waals surface area contributed by atoms with Gasteiger partial charge in [0.1, 0.15) is 6.07 Å². The summed E-state index contributed by atoms with van der Waals surface area (Å²) < 4.78 is 0. The number of aryl methyl sites for hydroxylation is 1. The predicted octanol–water partition coefficient (Wildman–Crippen LogP) is 2.29. The Labute approximate surface area is 114 Å². The fraction of sp³-hybridized carbons (Fsp3) is 0.467. The average molecular weight is 257 g/mol. The van der Waals surface area contributed by atoms with Crippen LogP contribution >= 0.6 is 0 Å². The molecule has 1 heterocycles. The molecule has 1 aliphatic heterocycles. The van der Waals surface area contributed by atoms with E-state index in [1.54, 1.807) is 6.07 Å². The summed E-state index contributed by atoms with van der Waals surface area (Å²) in [4.78, 5) is 13.8. The van der Waals surface area contributed by atoms with Crippen molar-refractivity contribution in [1.82, 2.24) is 4.90 Å². The van der Waals surface area contributed by atoms with Crippen LogP contribution in [0.15, 0.2) is 18.2 Å². The molecular weight excluding hydrogens is 238 g/mol. The first-order valence-corrected chi connectivity index (χ1v) is 6.73. The van der Waals surface area contributed by atoms with Gasteiger partial charge in [0, 0.05) is 26.1 Å². The standard InChI is InChI=1S/C15H19N3O/c1-12-4-5-13(11-16)14(10-12)17-7-6-15(19)18-8-2-3-9-18/h4-5,10,17H,2-3,6-9H2,1H3. The summed E-state index contributed by atoms with van der Waals surface area (Å²) in [6.07, 6.45) is 2.73. The normalized spacial score (nSPS) is 14.2. The first kappa shape index (κ1) is 13.4. The van der Waals surface area contributed by atoms with E-state index in [9.17, 15) is 4.79 Å². The first-order valence-electron chi connectivity index (χ1n) is 6.73. The topological polar surface area (TPSA) is 56.1 Å². The third-order valence-corrected chi connectivity index (χ3v) is 3.41. The summed E-state index contributed by atoms with van der Waals surface area (Å²) in [5.74, 6) is 0.205. The van der Waals surface area contributed by atoms with E-state index in [4.69, 9.17) is 5.26 Å². The zero-order valence-electron chi connectivity index (χ0n) is 11.3. The maximum atomic E-state index is 11.9. The molecule has 2 rings (SSSR count). The monoisotopic (exact) mass is 257 g/mol. The molecule has 1 aromatic carbocycles. The van der Waals surface area contributed by atoms with Gasteiger partial charge >= 0.3 is 0 Å². The molecule has 4 heteroatoms. The highest BCUT2D eigenvalue weighted by atomic mass is 16.2. The van der Waals surface area contributed by atoms with Gasteiger partial charge in [-0.15, -0.1) is 0 Å². The predicted molar refractivity (Wildman–Crippen MR) is 74.8 cm³/mol.